The maximum absolute atomic E-state index is 5.85. The number of aromatic nitrogens is 1. The summed E-state index contributed by atoms with van der Waals surface area (Å²) in [5.74, 6) is 1.42. The van der Waals surface area contributed by atoms with Crippen LogP contribution >= 0.6 is 11.3 Å². The van der Waals surface area contributed by atoms with E-state index in [0.717, 1.165) is 31.0 Å². The van der Waals surface area contributed by atoms with E-state index in [1.54, 1.807) is 0 Å². The van der Waals surface area contributed by atoms with E-state index in [-0.39, 0.29) is 0 Å². The smallest absolute Gasteiger partial charge is 0.122 e. The third kappa shape index (κ3) is 2.51. The molecule has 1 aromatic heterocycles. The fraction of sp³-hybridized carbons (Fsp3) is 0.400. The van der Waals surface area contributed by atoms with Gasteiger partial charge in [-0.15, -0.1) is 11.3 Å². The zero-order valence-corrected chi connectivity index (χ0v) is 12.1. The number of hydrogen-bond donors (Lipinski definition) is 1. The van der Waals surface area contributed by atoms with E-state index >= 15 is 0 Å². The summed E-state index contributed by atoms with van der Waals surface area (Å²) in [6, 6.07) is 8.30. The van der Waals surface area contributed by atoms with Gasteiger partial charge in [0.15, 0.2) is 0 Å². The van der Waals surface area contributed by atoms with E-state index in [9.17, 15) is 0 Å². The van der Waals surface area contributed by atoms with Gasteiger partial charge in [0.25, 0.3) is 0 Å². The van der Waals surface area contributed by atoms with Crippen LogP contribution in [0.2, 0.25) is 0 Å². The van der Waals surface area contributed by atoms with Crippen molar-refractivity contribution in [1.82, 2.24) is 10.3 Å². The highest BCUT2D eigenvalue weighted by atomic mass is 32.1. The van der Waals surface area contributed by atoms with Crippen molar-refractivity contribution in [3.8, 4) is 5.75 Å². The molecule has 1 aliphatic rings. The molecule has 0 amide bonds. The number of nitrogens with one attached hydrogen (secondary N) is 1. The summed E-state index contributed by atoms with van der Waals surface area (Å²) >= 11 is 1.81. The van der Waals surface area contributed by atoms with Gasteiger partial charge in [0.1, 0.15) is 5.75 Å². The quantitative estimate of drug-likeness (QED) is 0.934. The lowest BCUT2D eigenvalue weighted by Gasteiger charge is -2.23. The Kier molecular flexibility index (Phi) is 3.53. The normalized spacial score (nSPS) is 17.9. The minimum atomic E-state index is 0.393. The van der Waals surface area contributed by atoms with Gasteiger partial charge in [0, 0.05) is 17.3 Å². The van der Waals surface area contributed by atoms with Crippen LogP contribution < -0.4 is 10.1 Å². The molecule has 3 rings (SSSR count). The fourth-order valence-electron chi connectivity index (χ4n) is 2.44. The first-order valence-electron chi connectivity index (χ1n) is 6.59. The minimum Gasteiger partial charge on any atom is -0.493 e. The van der Waals surface area contributed by atoms with Crippen molar-refractivity contribution in [2.24, 2.45) is 0 Å². The van der Waals surface area contributed by atoms with Gasteiger partial charge in [-0.25, -0.2) is 4.98 Å². The molecule has 0 bridgehead atoms. The van der Waals surface area contributed by atoms with E-state index in [1.807, 2.05) is 30.5 Å². The standard InChI is InChI=1S/C15H18N2OS/c1-10-14(8-16-2)19-15(17-10)12-7-11-5-3-4-6-13(11)18-9-12/h3-6,12,16H,7-9H2,1-2H3. The lowest BCUT2D eigenvalue weighted by Crippen LogP contribution is -2.18. The van der Waals surface area contributed by atoms with E-state index in [4.69, 9.17) is 9.72 Å². The Morgan fingerprint density at radius 1 is 1.42 bits per heavy atom. The zero-order valence-electron chi connectivity index (χ0n) is 11.3. The number of rotatable bonds is 3. The van der Waals surface area contributed by atoms with Gasteiger partial charge >= 0.3 is 0 Å². The largest absolute Gasteiger partial charge is 0.493 e. The summed E-state index contributed by atoms with van der Waals surface area (Å²) in [6.07, 6.45) is 1.03. The molecule has 1 aliphatic heterocycles. The molecular weight excluding hydrogens is 256 g/mol. The third-order valence-electron chi connectivity index (χ3n) is 3.47. The van der Waals surface area contributed by atoms with Gasteiger partial charge in [-0.3, -0.25) is 0 Å². The fourth-order valence-corrected chi connectivity index (χ4v) is 3.60. The molecule has 0 fully saturated rings. The molecule has 2 heterocycles. The molecule has 1 atom stereocenters. The van der Waals surface area contributed by atoms with Crippen LogP contribution in [0.25, 0.3) is 0 Å². The maximum Gasteiger partial charge on any atom is 0.122 e. The molecule has 0 spiro atoms. The van der Waals surface area contributed by atoms with Crippen molar-refractivity contribution in [2.75, 3.05) is 13.7 Å². The number of fused-ring (bicyclic) bond motifs is 1. The number of ether oxygens (including phenoxy) is 1. The van der Waals surface area contributed by atoms with Crippen LogP contribution in [0, 0.1) is 6.92 Å². The van der Waals surface area contributed by atoms with Crippen LogP contribution in [0.15, 0.2) is 24.3 Å². The summed E-state index contributed by atoms with van der Waals surface area (Å²) in [7, 11) is 1.97. The Hall–Kier alpha value is -1.39. The summed E-state index contributed by atoms with van der Waals surface area (Å²) in [6.45, 7) is 3.72. The van der Waals surface area contributed by atoms with E-state index in [0.29, 0.717) is 5.92 Å². The summed E-state index contributed by atoms with van der Waals surface area (Å²) in [4.78, 5) is 6.05. The molecule has 0 saturated heterocycles. The SMILES string of the molecule is CNCc1sc(C2COc3ccccc3C2)nc1C. The van der Waals surface area contributed by atoms with E-state index in [2.05, 4.69) is 24.4 Å². The molecule has 2 aromatic rings. The number of hydrogen-bond acceptors (Lipinski definition) is 4. The van der Waals surface area contributed by atoms with E-state index in [1.165, 1.54) is 15.4 Å². The Morgan fingerprint density at radius 2 is 2.26 bits per heavy atom. The first-order valence-corrected chi connectivity index (χ1v) is 7.41. The zero-order chi connectivity index (χ0) is 13.2. The molecule has 0 radical (unpaired) electrons. The number of aryl methyl sites for hydroxylation is 1. The van der Waals surface area contributed by atoms with Crippen molar-refractivity contribution in [2.45, 2.75) is 25.8 Å². The topological polar surface area (TPSA) is 34.1 Å². The molecule has 0 saturated carbocycles. The molecule has 4 heteroatoms. The van der Waals surface area contributed by atoms with Gasteiger partial charge in [-0.2, -0.15) is 0 Å². The molecule has 19 heavy (non-hydrogen) atoms. The predicted molar refractivity (Wildman–Crippen MR) is 78.0 cm³/mol. The molecule has 1 aromatic carbocycles. The second-order valence-electron chi connectivity index (χ2n) is 4.91. The molecule has 100 valence electrons. The number of nitrogens with zero attached hydrogens (tertiary/aromatic N) is 1. The molecule has 1 unspecified atom stereocenters. The highest BCUT2D eigenvalue weighted by Gasteiger charge is 2.24. The van der Waals surface area contributed by atoms with Gasteiger partial charge in [0.05, 0.1) is 17.3 Å². The lowest BCUT2D eigenvalue weighted by atomic mass is 9.97. The second kappa shape index (κ2) is 5.31. The second-order valence-corrected chi connectivity index (χ2v) is 6.03. The van der Waals surface area contributed by atoms with Gasteiger partial charge in [-0.1, -0.05) is 18.2 Å². The number of thiazole rings is 1. The van der Waals surface area contributed by atoms with Crippen molar-refractivity contribution in [3.63, 3.8) is 0 Å². The van der Waals surface area contributed by atoms with Crippen molar-refractivity contribution in [1.29, 1.82) is 0 Å². The first kappa shape index (κ1) is 12.6. The predicted octanol–water partition coefficient (Wildman–Crippen LogP) is 2.89. The molecule has 0 aliphatic carbocycles. The highest BCUT2D eigenvalue weighted by Crippen LogP contribution is 2.34. The average Bonchev–Trinajstić information content (AvgIpc) is 2.80. The van der Waals surface area contributed by atoms with Gasteiger partial charge in [0.2, 0.25) is 0 Å². The highest BCUT2D eigenvalue weighted by molar-refractivity contribution is 7.11. The van der Waals surface area contributed by atoms with Crippen LogP contribution in [-0.2, 0) is 13.0 Å². The first-order chi connectivity index (χ1) is 9.28. The van der Waals surface area contributed by atoms with Crippen molar-refractivity contribution in [3.05, 3.63) is 45.4 Å². The maximum atomic E-state index is 5.85. The Bertz CT molecular complexity index is 579. The van der Waals surface area contributed by atoms with Crippen molar-refractivity contribution >= 4 is 11.3 Å². The third-order valence-corrected chi connectivity index (χ3v) is 4.79. The number of benzene rings is 1. The molecule has 1 N–H and O–H groups in total. The summed E-state index contributed by atoms with van der Waals surface area (Å²) < 4.78 is 5.85. The molecular formula is C15H18N2OS. The van der Waals surface area contributed by atoms with Gasteiger partial charge < -0.3 is 10.1 Å². The van der Waals surface area contributed by atoms with Crippen molar-refractivity contribution < 1.29 is 4.74 Å². The van der Waals surface area contributed by atoms with E-state index < -0.39 is 0 Å². The Balaban J connectivity index is 1.83. The van der Waals surface area contributed by atoms with Crippen LogP contribution in [0.5, 0.6) is 5.75 Å². The summed E-state index contributed by atoms with van der Waals surface area (Å²) in [5, 5.41) is 4.40. The Morgan fingerprint density at radius 3 is 3.11 bits per heavy atom. The molecule has 3 nitrogen and oxygen atoms in total. The van der Waals surface area contributed by atoms with Crippen LogP contribution in [-0.4, -0.2) is 18.6 Å². The van der Waals surface area contributed by atoms with Crippen LogP contribution in [0.4, 0.5) is 0 Å². The average molecular weight is 274 g/mol. The van der Waals surface area contributed by atoms with Crippen LogP contribution in [0.3, 0.4) is 0 Å². The van der Waals surface area contributed by atoms with Crippen LogP contribution in [0.1, 0.15) is 27.1 Å². The number of para-hydroxylation sites is 1. The monoisotopic (exact) mass is 274 g/mol. The Labute approximate surface area is 117 Å². The van der Waals surface area contributed by atoms with Gasteiger partial charge in [-0.05, 0) is 32.0 Å². The minimum absolute atomic E-state index is 0.393. The lowest BCUT2D eigenvalue weighted by molar-refractivity contribution is 0.262. The summed E-state index contributed by atoms with van der Waals surface area (Å²) in [5.41, 5.74) is 2.44.